The van der Waals surface area contributed by atoms with Crippen molar-refractivity contribution in [3.05, 3.63) is 35.6 Å². The highest BCUT2D eigenvalue weighted by Crippen LogP contribution is 2.22. The minimum atomic E-state index is -0.756. The number of hydrogen-bond acceptors (Lipinski definition) is 3. The molecule has 0 aliphatic carbocycles. The molecule has 0 aromatic heterocycles. The predicted molar refractivity (Wildman–Crippen MR) is 79.5 cm³/mol. The van der Waals surface area contributed by atoms with E-state index in [9.17, 15) is 14.3 Å². The van der Waals surface area contributed by atoms with Crippen LogP contribution in [-0.4, -0.2) is 41.7 Å². The molecule has 2 rings (SSSR count). The van der Waals surface area contributed by atoms with Gasteiger partial charge in [-0.3, -0.25) is 9.69 Å². The van der Waals surface area contributed by atoms with Crippen molar-refractivity contribution < 1.29 is 14.3 Å². The lowest BCUT2D eigenvalue weighted by Gasteiger charge is -2.34. The van der Waals surface area contributed by atoms with Gasteiger partial charge in [-0.15, -0.1) is 0 Å². The summed E-state index contributed by atoms with van der Waals surface area (Å²) in [5, 5.41) is 12.3. The van der Waals surface area contributed by atoms with Crippen LogP contribution in [0.15, 0.2) is 24.3 Å². The Bertz CT molecular complexity index is 456. The zero-order valence-corrected chi connectivity index (χ0v) is 12.4. The van der Waals surface area contributed by atoms with E-state index in [1.807, 2.05) is 6.92 Å². The number of nitrogens with zero attached hydrogens (tertiary/aromatic N) is 1. The lowest BCUT2D eigenvalue weighted by molar-refractivity contribution is -0.141. The Hall–Kier alpha value is -1.46. The van der Waals surface area contributed by atoms with Crippen molar-refractivity contribution >= 4 is 5.97 Å². The average Bonchev–Trinajstić information content (AvgIpc) is 2.48. The largest absolute Gasteiger partial charge is 0.480 e. The summed E-state index contributed by atoms with van der Waals surface area (Å²) in [6, 6.07) is 6.13. The second-order valence-corrected chi connectivity index (χ2v) is 5.61. The highest BCUT2D eigenvalue weighted by atomic mass is 19.1. The van der Waals surface area contributed by atoms with E-state index >= 15 is 0 Å². The maximum atomic E-state index is 12.9. The fourth-order valence-electron chi connectivity index (χ4n) is 2.97. The molecule has 1 unspecified atom stereocenters. The summed E-state index contributed by atoms with van der Waals surface area (Å²) in [6.45, 7) is 5.17. The van der Waals surface area contributed by atoms with E-state index in [2.05, 4.69) is 10.2 Å². The van der Waals surface area contributed by atoms with Gasteiger partial charge in [0, 0.05) is 6.54 Å². The number of hydrogen-bond donors (Lipinski definition) is 2. The summed E-state index contributed by atoms with van der Waals surface area (Å²) in [6.07, 6.45) is 1.76. The summed E-state index contributed by atoms with van der Waals surface area (Å²) < 4.78 is 12.9. The van der Waals surface area contributed by atoms with Crippen LogP contribution in [0.25, 0.3) is 0 Å². The Balaban J connectivity index is 1.85. The van der Waals surface area contributed by atoms with Gasteiger partial charge >= 0.3 is 5.97 Å². The van der Waals surface area contributed by atoms with Crippen LogP contribution in [0.5, 0.6) is 0 Å². The molecule has 0 radical (unpaired) electrons. The van der Waals surface area contributed by atoms with E-state index in [0.29, 0.717) is 6.54 Å². The Morgan fingerprint density at radius 2 is 2.00 bits per heavy atom. The molecule has 1 aliphatic heterocycles. The average molecular weight is 294 g/mol. The van der Waals surface area contributed by atoms with E-state index in [1.165, 1.54) is 12.1 Å². The normalized spacial score (nSPS) is 18.6. The van der Waals surface area contributed by atoms with Gasteiger partial charge in [0.1, 0.15) is 11.9 Å². The zero-order valence-electron chi connectivity index (χ0n) is 12.4. The number of benzene rings is 1. The Labute approximate surface area is 125 Å². The molecule has 0 saturated carbocycles. The number of rotatable bonds is 6. The molecule has 0 amide bonds. The molecular weight excluding hydrogens is 271 g/mol. The van der Waals surface area contributed by atoms with Crippen LogP contribution in [-0.2, 0) is 11.3 Å². The molecule has 1 saturated heterocycles. The highest BCUT2D eigenvalue weighted by molar-refractivity contribution is 5.73. The molecule has 2 N–H and O–H groups in total. The number of carbonyl (C=O) groups is 1. The lowest BCUT2D eigenvalue weighted by atomic mass is 9.89. The maximum Gasteiger partial charge on any atom is 0.320 e. The topological polar surface area (TPSA) is 52.6 Å². The highest BCUT2D eigenvalue weighted by Gasteiger charge is 2.30. The molecule has 4 nitrogen and oxygen atoms in total. The van der Waals surface area contributed by atoms with Gasteiger partial charge in [-0.05, 0) is 56.1 Å². The molecule has 0 spiro atoms. The molecule has 1 aromatic carbocycles. The first-order valence-corrected chi connectivity index (χ1v) is 7.53. The number of likely N-dealkylation sites (tertiary alicyclic amines) is 1. The number of aliphatic carboxylic acids is 1. The molecule has 1 aliphatic rings. The quantitative estimate of drug-likeness (QED) is 0.843. The van der Waals surface area contributed by atoms with Gasteiger partial charge in [0.25, 0.3) is 0 Å². The minimum absolute atomic E-state index is 0.187. The number of carboxylic acid groups (broad SMARTS) is 1. The summed E-state index contributed by atoms with van der Waals surface area (Å²) in [5.74, 6) is -0.784. The number of carboxylic acids is 1. The van der Waals surface area contributed by atoms with Gasteiger partial charge in [0.2, 0.25) is 0 Å². The maximum absolute atomic E-state index is 12.9. The third-order valence-corrected chi connectivity index (χ3v) is 4.11. The third-order valence-electron chi connectivity index (χ3n) is 4.11. The molecular formula is C16H23FN2O2. The fourth-order valence-corrected chi connectivity index (χ4v) is 2.97. The molecule has 1 atom stereocenters. The lowest BCUT2D eigenvalue weighted by Crippen LogP contribution is -2.47. The van der Waals surface area contributed by atoms with Gasteiger partial charge in [0.05, 0.1) is 0 Å². The van der Waals surface area contributed by atoms with Crippen molar-refractivity contribution in [3.8, 4) is 0 Å². The van der Waals surface area contributed by atoms with E-state index in [4.69, 9.17) is 0 Å². The number of likely N-dealkylation sites (N-methyl/N-ethyl adjacent to an activating group) is 1. The smallest absolute Gasteiger partial charge is 0.320 e. The van der Waals surface area contributed by atoms with Gasteiger partial charge < -0.3 is 10.4 Å². The summed E-state index contributed by atoms with van der Waals surface area (Å²) in [4.78, 5) is 13.6. The molecule has 5 heteroatoms. The first-order valence-electron chi connectivity index (χ1n) is 7.53. The summed E-state index contributed by atoms with van der Waals surface area (Å²) in [5.41, 5.74) is 1.09. The van der Waals surface area contributed by atoms with Crippen LogP contribution < -0.4 is 5.32 Å². The second kappa shape index (κ2) is 7.52. The second-order valence-electron chi connectivity index (χ2n) is 5.61. The van der Waals surface area contributed by atoms with Gasteiger partial charge in [-0.2, -0.15) is 0 Å². The monoisotopic (exact) mass is 294 g/mol. The zero-order chi connectivity index (χ0) is 15.2. The van der Waals surface area contributed by atoms with Crippen LogP contribution >= 0.6 is 0 Å². The predicted octanol–water partition coefficient (Wildman–Crippen LogP) is 2.10. The van der Waals surface area contributed by atoms with Crippen molar-refractivity contribution in [3.63, 3.8) is 0 Å². The number of halogens is 1. The van der Waals surface area contributed by atoms with Crippen LogP contribution in [0.1, 0.15) is 25.3 Å². The molecule has 116 valence electrons. The van der Waals surface area contributed by atoms with Crippen LogP contribution in [0.2, 0.25) is 0 Å². The van der Waals surface area contributed by atoms with E-state index in [1.54, 1.807) is 12.1 Å². The molecule has 1 heterocycles. The van der Waals surface area contributed by atoms with E-state index < -0.39 is 12.0 Å². The van der Waals surface area contributed by atoms with Crippen LogP contribution in [0, 0.1) is 11.7 Å². The van der Waals surface area contributed by atoms with Crippen LogP contribution in [0.4, 0.5) is 4.39 Å². The summed E-state index contributed by atoms with van der Waals surface area (Å²) in [7, 11) is 0. The first kappa shape index (κ1) is 15.9. The van der Waals surface area contributed by atoms with Gasteiger partial charge in [0.15, 0.2) is 0 Å². The molecule has 1 aromatic rings. The number of piperidine rings is 1. The standard InChI is InChI=1S/C16H23FN2O2/c1-2-18-15(16(20)21)13-7-9-19(10-8-13)11-12-3-5-14(17)6-4-12/h3-6,13,15,18H,2,7-11H2,1H3,(H,20,21). The molecule has 0 bridgehead atoms. The van der Waals surface area contributed by atoms with Gasteiger partial charge in [-0.25, -0.2) is 4.39 Å². The van der Waals surface area contributed by atoms with Crippen molar-refractivity contribution in [2.75, 3.05) is 19.6 Å². The molecule has 21 heavy (non-hydrogen) atoms. The van der Waals surface area contributed by atoms with Crippen molar-refractivity contribution in [2.24, 2.45) is 5.92 Å². The van der Waals surface area contributed by atoms with Crippen molar-refractivity contribution in [1.82, 2.24) is 10.2 Å². The third kappa shape index (κ3) is 4.51. The first-order chi connectivity index (χ1) is 10.1. The molecule has 1 fully saturated rings. The Kier molecular flexibility index (Phi) is 5.70. The van der Waals surface area contributed by atoms with E-state index in [-0.39, 0.29) is 11.7 Å². The van der Waals surface area contributed by atoms with E-state index in [0.717, 1.165) is 38.0 Å². The minimum Gasteiger partial charge on any atom is -0.480 e. The fraction of sp³-hybridized carbons (Fsp3) is 0.562. The van der Waals surface area contributed by atoms with Crippen molar-refractivity contribution in [1.29, 1.82) is 0 Å². The Morgan fingerprint density at radius 3 is 2.52 bits per heavy atom. The summed E-state index contributed by atoms with van der Waals surface area (Å²) >= 11 is 0. The number of nitrogens with one attached hydrogen (secondary N) is 1. The SMILES string of the molecule is CCNC(C(=O)O)C1CCN(Cc2ccc(F)cc2)CC1. The van der Waals surface area contributed by atoms with Crippen molar-refractivity contribution in [2.45, 2.75) is 32.4 Å². The Morgan fingerprint density at radius 1 is 1.38 bits per heavy atom. The van der Waals surface area contributed by atoms with Gasteiger partial charge in [-0.1, -0.05) is 19.1 Å². The van der Waals surface area contributed by atoms with Crippen LogP contribution in [0.3, 0.4) is 0 Å².